The van der Waals surface area contributed by atoms with Crippen molar-refractivity contribution in [1.29, 1.82) is 0 Å². The Hall–Kier alpha value is -1.51. The van der Waals surface area contributed by atoms with Crippen LogP contribution in [-0.4, -0.2) is 17.6 Å². The van der Waals surface area contributed by atoms with E-state index < -0.39 is 0 Å². The van der Waals surface area contributed by atoms with Crippen LogP contribution in [0.1, 0.15) is 73.7 Å². The molecule has 0 aromatic heterocycles. The van der Waals surface area contributed by atoms with Gasteiger partial charge in [0.1, 0.15) is 5.75 Å². The highest BCUT2D eigenvalue weighted by molar-refractivity contribution is 5.97. The van der Waals surface area contributed by atoms with Crippen molar-refractivity contribution in [2.24, 2.45) is 0 Å². The molecule has 3 nitrogen and oxygen atoms in total. The number of hydrogen-bond acceptors (Lipinski definition) is 2. The lowest BCUT2D eigenvalue weighted by atomic mass is 9.83. The van der Waals surface area contributed by atoms with Crippen LogP contribution in [0.2, 0.25) is 0 Å². The van der Waals surface area contributed by atoms with Gasteiger partial charge in [0, 0.05) is 6.54 Å². The normalized spacial score (nSPS) is 16.1. The predicted molar refractivity (Wildman–Crippen MR) is 81.2 cm³/mol. The van der Waals surface area contributed by atoms with E-state index in [2.05, 4.69) is 12.2 Å². The summed E-state index contributed by atoms with van der Waals surface area (Å²) in [4.78, 5) is 12.1. The number of rotatable bonds is 5. The molecule has 0 unspecified atom stereocenters. The van der Waals surface area contributed by atoms with Gasteiger partial charge in [-0.2, -0.15) is 0 Å². The minimum absolute atomic E-state index is 0.159. The second-order valence-corrected chi connectivity index (χ2v) is 5.69. The third-order valence-corrected chi connectivity index (χ3v) is 4.17. The molecule has 0 radical (unpaired) electrons. The summed E-state index contributed by atoms with van der Waals surface area (Å²) >= 11 is 0. The molecule has 0 saturated heterocycles. The Morgan fingerprint density at radius 2 is 2.05 bits per heavy atom. The van der Waals surface area contributed by atoms with Gasteiger partial charge in [-0.1, -0.05) is 44.7 Å². The Balaban J connectivity index is 2.11. The SMILES string of the molecule is CCCCNC(=O)c1cccc(C2CCCCC2)c1O. The van der Waals surface area contributed by atoms with Crippen LogP contribution in [0.25, 0.3) is 0 Å². The minimum atomic E-state index is -0.159. The number of carbonyl (C=O) groups is 1. The number of carbonyl (C=O) groups excluding carboxylic acids is 1. The van der Waals surface area contributed by atoms with Crippen molar-refractivity contribution in [2.75, 3.05) is 6.54 Å². The average Bonchev–Trinajstić information content (AvgIpc) is 2.48. The zero-order chi connectivity index (χ0) is 14.4. The van der Waals surface area contributed by atoms with Crippen molar-refractivity contribution >= 4 is 5.91 Å². The highest BCUT2D eigenvalue weighted by atomic mass is 16.3. The number of aromatic hydroxyl groups is 1. The highest BCUT2D eigenvalue weighted by Crippen LogP contribution is 2.38. The Bertz CT molecular complexity index is 450. The summed E-state index contributed by atoms with van der Waals surface area (Å²) in [7, 11) is 0. The van der Waals surface area contributed by atoms with Crippen molar-refractivity contribution in [3.05, 3.63) is 29.3 Å². The van der Waals surface area contributed by atoms with Crippen LogP contribution in [0, 0.1) is 0 Å². The Labute approximate surface area is 121 Å². The van der Waals surface area contributed by atoms with Crippen LogP contribution in [0.4, 0.5) is 0 Å². The number of phenolic OH excluding ortho intramolecular Hbond substituents is 1. The molecule has 0 heterocycles. The molecule has 1 fully saturated rings. The average molecular weight is 275 g/mol. The van der Waals surface area contributed by atoms with E-state index in [1.165, 1.54) is 19.3 Å². The molecule has 1 aliphatic rings. The van der Waals surface area contributed by atoms with Gasteiger partial charge < -0.3 is 10.4 Å². The van der Waals surface area contributed by atoms with E-state index in [4.69, 9.17) is 0 Å². The molecule has 0 spiro atoms. The quantitative estimate of drug-likeness (QED) is 0.799. The topological polar surface area (TPSA) is 49.3 Å². The third kappa shape index (κ3) is 3.53. The first kappa shape index (κ1) is 14.9. The summed E-state index contributed by atoms with van der Waals surface area (Å²) < 4.78 is 0. The first-order valence-electron chi connectivity index (χ1n) is 7.84. The second-order valence-electron chi connectivity index (χ2n) is 5.69. The number of unbranched alkanes of at least 4 members (excludes halogenated alkanes) is 1. The lowest BCUT2D eigenvalue weighted by Crippen LogP contribution is -2.24. The molecule has 1 amide bonds. The monoisotopic (exact) mass is 275 g/mol. The number of benzene rings is 1. The van der Waals surface area contributed by atoms with Gasteiger partial charge in [0.25, 0.3) is 5.91 Å². The molecule has 1 aliphatic carbocycles. The van der Waals surface area contributed by atoms with E-state index in [0.29, 0.717) is 18.0 Å². The van der Waals surface area contributed by atoms with Gasteiger partial charge in [-0.05, 0) is 36.8 Å². The maximum Gasteiger partial charge on any atom is 0.255 e. The maximum atomic E-state index is 12.1. The molecule has 3 heteroatoms. The second kappa shape index (κ2) is 7.32. The van der Waals surface area contributed by atoms with Gasteiger partial charge in [-0.3, -0.25) is 4.79 Å². The Morgan fingerprint density at radius 3 is 2.75 bits per heavy atom. The molecule has 1 saturated carbocycles. The lowest BCUT2D eigenvalue weighted by molar-refractivity contribution is 0.0950. The van der Waals surface area contributed by atoms with Crippen molar-refractivity contribution in [1.82, 2.24) is 5.32 Å². The van der Waals surface area contributed by atoms with Crippen LogP contribution in [0.3, 0.4) is 0 Å². The largest absolute Gasteiger partial charge is 0.507 e. The molecule has 110 valence electrons. The van der Waals surface area contributed by atoms with Gasteiger partial charge in [-0.15, -0.1) is 0 Å². The van der Waals surface area contributed by atoms with E-state index in [-0.39, 0.29) is 11.7 Å². The Morgan fingerprint density at radius 1 is 1.30 bits per heavy atom. The molecule has 20 heavy (non-hydrogen) atoms. The number of phenols is 1. The van der Waals surface area contributed by atoms with Gasteiger partial charge >= 0.3 is 0 Å². The Kier molecular flexibility index (Phi) is 5.45. The van der Waals surface area contributed by atoms with E-state index in [0.717, 1.165) is 31.2 Å². The maximum absolute atomic E-state index is 12.1. The van der Waals surface area contributed by atoms with Gasteiger partial charge in [0.2, 0.25) is 0 Å². The van der Waals surface area contributed by atoms with Crippen molar-refractivity contribution in [2.45, 2.75) is 57.8 Å². The lowest BCUT2D eigenvalue weighted by Gasteiger charge is -2.23. The number of nitrogens with one attached hydrogen (secondary N) is 1. The molecule has 2 N–H and O–H groups in total. The van der Waals surface area contributed by atoms with Crippen LogP contribution < -0.4 is 5.32 Å². The molecule has 1 aromatic rings. The van der Waals surface area contributed by atoms with E-state index in [9.17, 15) is 9.90 Å². The molecule has 0 aliphatic heterocycles. The van der Waals surface area contributed by atoms with Crippen LogP contribution >= 0.6 is 0 Å². The van der Waals surface area contributed by atoms with Crippen LogP contribution in [0.5, 0.6) is 5.75 Å². The van der Waals surface area contributed by atoms with E-state index >= 15 is 0 Å². The highest BCUT2D eigenvalue weighted by Gasteiger charge is 2.21. The number of hydrogen-bond donors (Lipinski definition) is 2. The predicted octanol–water partition coefficient (Wildman–Crippen LogP) is 3.97. The summed E-state index contributed by atoms with van der Waals surface area (Å²) in [5.41, 5.74) is 1.37. The summed E-state index contributed by atoms with van der Waals surface area (Å²) in [6, 6.07) is 5.56. The molecular formula is C17H25NO2. The van der Waals surface area contributed by atoms with Crippen LogP contribution in [-0.2, 0) is 0 Å². The first-order valence-corrected chi connectivity index (χ1v) is 7.84. The van der Waals surface area contributed by atoms with Crippen molar-refractivity contribution in [3.63, 3.8) is 0 Å². The molecule has 2 rings (SSSR count). The standard InChI is InChI=1S/C17H25NO2/c1-2-3-12-18-17(20)15-11-7-10-14(16(15)19)13-8-5-4-6-9-13/h7,10-11,13,19H,2-6,8-9,12H2,1H3,(H,18,20). The van der Waals surface area contributed by atoms with E-state index in [1.54, 1.807) is 6.07 Å². The number of para-hydroxylation sites is 1. The first-order chi connectivity index (χ1) is 9.74. The van der Waals surface area contributed by atoms with Gasteiger partial charge in [0.05, 0.1) is 5.56 Å². The molecule has 0 bridgehead atoms. The van der Waals surface area contributed by atoms with Crippen molar-refractivity contribution < 1.29 is 9.90 Å². The summed E-state index contributed by atoms with van der Waals surface area (Å²) in [6.45, 7) is 2.76. The molecular weight excluding hydrogens is 250 g/mol. The summed E-state index contributed by atoms with van der Waals surface area (Å²) in [6.07, 6.45) is 7.98. The zero-order valence-corrected chi connectivity index (χ0v) is 12.3. The fraction of sp³-hybridized carbons (Fsp3) is 0.588. The van der Waals surface area contributed by atoms with Crippen LogP contribution in [0.15, 0.2) is 18.2 Å². The molecule has 0 atom stereocenters. The summed E-state index contributed by atoms with van der Waals surface area (Å²) in [5.74, 6) is 0.439. The smallest absolute Gasteiger partial charge is 0.255 e. The van der Waals surface area contributed by atoms with Crippen molar-refractivity contribution in [3.8, 4) is 5.75 Å². The van der Waals surface area contributed by atoms with Gasteiger partial charge in [-0.25, -0.2) is 0 Å². The molecule has 1 aromatic carbocycles. The van der Waals surface area contributed by atoms with E-state index in [1.807, 2.05) is 12.1 Å². The zero-order valence-electron chi connectivity index (χ0n) is 12.3. The third-order valence-electron chi connectivity index (χ3n) is 4.17. The fourth-order valence-corrected chi connectivity index (χ4v) is 2.96. The fourth-order valence-electron chi connectivity index (χ4n) is 2.96. The summed E-state index contributed by atoms with van der Waals surface area (Å²) in [5, 5.41) is 13.3. The minimum Gasteiger partial charge on any atom is -0.507 e. The number of amides is 1. The van der Waals surface area contributed by atoms with Gasteiger partial charge in [0.15, 0.2) is 0 Å².